The van der Waals surface area contributed by atoms with Crippen LogP contribution in [0.4, 0.5) is 0 Å². The van der Waals surface area contributed by atoms with Gasteiger partial charge >= 0.3 is 0 Å². The van der Waals surface area contributed by atoms with Crippen molar-refractivity contribution in [1.82, 2.24) is 0 Å². The predicted octanol–water partition coefficient (Wildman–Crippen LogP) is 15.0. The molecule has 242 valence electrons. The molecular weight excluding hydrogens is 657 g/mol. The van der Waals surface area contributed by atoms with Crippen LogP contribution in [0.3, 0.4) is 0 Å². The minimum Gasteiger partial charge on any atom is -0.454 e. The van der Waals surface area contributed by atoms with Gasteiger partial charge in [-0.1, -0.05) is 52.4 Å². The minimum atomic E-state index is 0.868. The summed E-state index contributed by atoms with van der Waals surface area (Å²) in [4.78, 5) is 9.64. The van der Waals surface area contributed by atoms with E-state index in [1.54, 1.807) is 22.7 Å². The van der Waals surface area contributed by atoms with Gasteiger partial charge in [-0.25, -0.2) is 0 Å². The fraction of sp³-hybridized carbons (Fsp3) is 0.300. The van der Waals surface area contributed by atoms with E-state index in [0.29, 0.717) is 0 Å². The maximum atomic E-state index is 6.37. The summed E-state index contributed by atoms with van der Waals surface area (Å²) in [7, 11) is 0. The second-order valence-electron chi connectivity index (χ2n) is 12.0. The summed E-state index contributed by atoms with van der Waals surface area (Å²) in [6.07, 6.45) is 12.6. The Bertz CT molecular complexity index is 1860. The zero-order valence-electron chi connectivity index (χ0n) is 27.0. The van der Waals surface area contributed by atoms with Gasteiger partial charge in [-0.3, -0.25) is 0 Å². The van der Waals surface area contributed by atoms with Crippen molar-refractivity contribution in [2.75, 3.05) is 0 Å². The fourth-order valence-electron chi connectivity index (χ4n) is 5.76. The lowest BCUT2D eigenvalue weighted by atomic mass is 10.1. The molecule has 7 heteroatoms. The summed E-state index contributed by atoms with van der Waals surface area (Å²) >= 11 is 7.09. The lowest BCUT2D eigenvalue weighted by Gasteiger charge is -1.97. The first-order chi connectivity index (χ1) is 23.2. The Morgan fingerprint density at radius 3 is 0.957 bits per heavy atom. The fourth-order valence-corrected chi connectivity index (χ4v) is 9.64. The van der Waals surface area contributed by atoms with Gasteiger partial charge in [0.15, 0.2) is 0 Å². The first-order valence-corrected chi connectivity index (χ1v) is 20.1. The van der Waals surface area contributed by atoms with Crippen LogP contribution in [0.2, 0.25) is 0 Å². The highest BCUT2D eigenvalue weighted by molar-refractivity contribution is 7.19. The SMILES string of the molecule is CCCCCCc1ccc(-c2ccc(-c3ccc(-c4ccc(-c5ccc(-c6ccc(-c7ccc(CCCCCC)s7)o6)s5)o4)s3)o2)s1. The van der Waals surface area contributed by atoms with Crippen LogP contribution in [0.1, 0.15) is 75.0 Å². The van der Waals surface area contributed by atoms with Crippen molar-refractivity contribution >= 4 is 45.3 Å². The molecule has 0 saturated heterocycles. The Morgan fingerprint density at radius 2 is 0.638 bits per heavy atom. The van der Waals surface area contributed by atoms with Gasteiger partial charge in [-0.2, -0.15) is 0 Å². The van der Waals surface area contributed by atoms with E-state index < -0.39 is 0 Å². The van der Waals surface area contributed by atoms with Gasteiger partial charge in [0.2, 0.25) is 0 Å². The van der Waals surface area contributed by atoms with Gasteiger partial charge < -0.3 is 13.3 Å². The molecule has 0 amide bonds. The summed E-state index contributed by atoms with van der Waals surface area (Å²) in [5.41, 5.74) is 0. The van der Waals surface area contributed by atoms with Gasteiger partial charge in [-0.05, 0) is 111 Å². The van der Waals surface area contributed by atoms with Gasteiger partial charge in [0.05, 0.1) is 29.3 Å². The van der Waals surface area contributed by atoms with Crippen LogP contribution in [-0.4, -0.2) is 0 Å². The highest BCUT2D eigenvalue weighted by Gasteiger charge is 2.16. The van der Waals surface area contributed by atoms with Crippen molar-refractivity contribution in [3.63, 3.8) is 0 Å². The highest BCUT2D eigenvalue weighted by atomic mass is 32.1. The van der Waals surface area contributed by atoms with Gasteiger partial charge in [0.25, 0.3) is 0 Å². The topological polar surface area (TPSA) is 39.4 Å². The number of rotatable bonds is 16. The molecule has 0 atom stereocenters. The number of hydrogen-bond donors (Lipinski definition) is 0. The molecule has 0 spiro atoms. The molecule has 0 bridgehead atoms. The molecule has 0 aliphatic heterocycles. The molecule has 0 radical (unpaired) electrons. The molecule has 7 aromatic heterocycles. The maximum absolute atomic E-state index is 6.37. The van der Waals surface area contributed by atoms with Gasteiger partial charge in [-0.15, -0.1) is 45.3 Å². The van der Waals surface area contributed by atoms with Crippen molar-refractivity contribution in [1.29, 1.82) is 0 Å². The van der Waals surface area contributed by atoms with E-state index >= 15 is 0 Å². The number of hydrogen-bond acceptors (Lipinski definition) is 7. The van der Waals surface area contributed by atoms with Crippen LogP contribution >= 0.6 is 45.3 Å². The Balaban J connectivity index is 0.986. The number of aryl methyl sites for hydroxylation is 2. The molecule has 3 nitrogen and oxygen atoms in total. The minimum absolute atomic E-state index is 0.868. The third-order valence-corrected chi connectivity index (χ3v) is 12.9. The molecule has 0 saturated carbocycles. The Kier molecular flexibility index (Phi) is 10.4. The van der Waals surface area contributed by atoms with E-state index in [1.165, 1.54) is 70.9 Å². The molecule has 0 fully saturated rings. The first-order valence-electron chi connectivity index (χ1n) is 16.9. The first kappa shape index (κ1) is 32.2. The molecule has 7 heterocycles. The van der Waals surface area contributed by atoms with E-state index in [4.69, 9.17) is 13.3 Å². The summed E-state index contributed by atoms with van der Waals surface area (Å²) in [6.45, 7) is 4.52. The molecule has 0 unspecified atom stereocenters. The van der Waals surface area contributed by atoms with E-state index in [2.05, 4.69) is 98.8 Å². The lowest BCUT2D eigenvalue weighted by Crippen LogP contribution is -1.80. The standard InChI is InChI=1S/C40H40O3S4/c1-3-5-7-9-11-27-13-21-35(44-27)29-15-17-31(41-29)37-23-25-39(46-37)33-19-20-34(43-33)40-26-24-38(47-40)32-18-16-30(42-32)36-22-14-28(45-36)12-10-8-6-4-2/h13-26H,3-12H2,1-2H3. The monoisotopic (exact) mass is 696 g/mol. The summed E-state index contributed by atoms with van der Waals surface area (Å²) in [5.74, 6) is 5.41. The molecular formula is C40H40O3S4. The second-order valence-corrected chi connectivity index (χ2v) is 16.5. The lowest BCUT2D eigenvalue weighted by molar-refractivity contribution is 0.600. The highest BCUT2D eigenvalue weighted by Crippen LogP contribution is 2.42. The molecule has 7 aromatic rings. The molecule has 0 aliphatic carbocycles. The summed E-state index contributed by atoms with van der Waals surface area (Å²) in [5, 5.41) is 0. The van der Waals surface area contributed by atoms with Crippen molar-refractivity contribution in [2.45, 2.75) is 78.1 Å². The zero-order chi connectivity index (χ0) is 32.0. The van der Waals surface area contributed by atoms with Crippen molar-refractivity contribution < 1.29 is 13.3 Å². The normalized spacial score (nSPS) is 11.6. The molecule has 47 heavy (non-hydrogen) atoms. The van der Waals surface area contributed by atoms with Crippen LogP contribution in [0, 0.1) is 0 Å². The van der Waals surface area contributed by atoms with Crippen molar-refractivity contribution in [2.24, 2.45) is 0 Å². The van der Waals surface area contributed by atoms with E-state index in [9.17, 15) is 0 Å². The largest absolute Gasteiger partial charge is 0.454 e. The molecule has 7 rings (SSSR count). The Morgan fingerprint density at radius 1 is 0.340 bits per heavy atom. The quantitative estimate of drug-likeness (QED) is 0.0944. The third-order valence-electron chi connectivity index (χ3n) is 8.36. The van der Waals surface area contributed by atoms with Crippen molar-refractivity contribution in [3.05, 3.63) is 94.7 Å². The van der Waals surface area contributed by atoms with Crippen LogP contribution in [0.15, 0.2) is 98.2 Å². The van der Waals surface area contributed by atoms with E-state index in [1.807, 2.05) is 22.7 Å². The smallest absolute Gasteiger partial charge is 0.144 e. The van der Waals surface area contributed by atoms with E-state index in [-0.39, 0.29) is 0 Å². The zero-order valence-corrected chi connectivity index (χ0v) is 30.3. The molecule has 0 aromatic carbocycles. The molecule has 0 aliphatic rings. The molecule has 0 N–H and O–H groups in total. The average Bonchev–Trinajstić information content (AvgIpc) is 3.91. The van der Waals surface area contributed by atoms with E-state index in [0.717, 1.165) is 66.9 Å². The Labute approximate surface area is 293 Å². The average molecular weight is 697 g/mol. The van der Waals surface area contributed by atoms with Crippen LogP contribution in [0.5, 0.6) is 0 Å². The second kappa shape index (κ2) is 15.2. The van der Waals surface area contributed by atoms with Crippen LogP contribution < -0.4 is 0 Å². The predicted molar refractivity (Wildman–Crippen MR) is 203 cm³/mol. The number of unbranched alkanes of at least 4 members (excludes halogenated alkanes) is 6. The van der Waals surface area contributed by atoms with Crippen LogP contribution in [-0.2, 0) is 12.8 Å². The third kappa shape index (κ3) is 7.70. The van der Waals surface area contributed by atoms with Gasteiger partial charge in [0.1, 0.15) is 34.6 Å². The van der Waals surface area contributed by atoms with Crippen molar-refractivity contribution in [3.8, 4) is 63.8 Å². The van der Waals surface area contributed by atoms with Crippen LogP contribution in [0.25, 0.3) is 63.8 Å². The summed E-state index contributed by atoms with van der Waals surface area (Å²) < 4.78 is 19.0. The Hall–Kier alpha value is -3.36. The van der Waals surface area contributed by atoms with Gasteiger partial charge in [0, 0.05) is 9.75 Å². The number of furan rings is 3. The maximum Gasteiger partial charge on any atom is 0.144 e. The number of thiophene rings is 4. The summed E-state index contributed by atoms with van der Waals surface area (Å²) in [6, 6.07) is 29.9.